The van der Waals surface area contributed by atoms with Gasteiger partial charge in [-0.15, -0.1) is 0 Å². The van der Waals surface area contributed by atoms with Crippen molar-refractivity contribution in [2.45, 2.75) is 0 Å². The van der Waals surface area contributed by atoms with E-state index in [0.717, 1.165) is 16.7 Å². The molecule has 0 atom stereocenters. The molecule has 0 fully saturated rings. The molecule has 1 amide bonds. The predicted molar refractivity (Wildman–Crippen MR) is 102 cm³/mol. The lowest BCUT2D eigenvalue weighted by Gasteiger charge is -2.08. The van der Waals surface area contributed by atoms with Crippen LogP contribution in [0.5, 0.6) is 11.5 Å². The fourth-order valence-electron chi connectivity index (χ4n) is 3.12. The smallest absolute Gasteiger partial charge is 0.255 e. The number of carbonyl (C=O) groups excluding carboxylic acids is 1. The molecular weight excluding hydrogens is 342 g/mol. The van der Waals surface area contributed by atoms with Crippen LogP contribution in [0.1, 0.15) is 10.4 Å². The first kappa shape index (κ1) is 15.5. The molecule has 1 aliphatic heterocycles. The Morgan fingerprint density at radius 1 is 0.963 bits per heavy atom. The first-order valence-electron chi connectivity index (χ1n) is 8.51. The minimum atomic E-state index is -0.184. The van der Waals surface area contributed by atoms with Crippen molar-refractivity contribution < 1.29 is 14.3 Å². The third-order valence-electron chi connectivity index (χ3n) is 4.49. The molecule has 0 bridgehead atoms. The first-order chi connectivity index (χ1) is 13.3. The Hall–Kier alpha value is -3.80. The number of fused-ring (bicyclic) bond motifs is 2. The van der Waals surface area contributed by atoms with Crippen molar-refractivity contribution in [3.05, 3.63) is 78.6 Å². The van der Waals surface area contributed by atoms with Crippen LogP contribution in [0, 0.1) is 0 Å². The van der Waals surface area contributed by atoms with E-state index in [-0.39, 0.29) is 12.7 Å². The van der Waals surface area contributed by atoms with E-state index in [1.165, 1.54) is 0 Å². The zero-order chi connectivity index (χ0) is 18.2. The molecule has 6 nitrogen and oxygen atoms in total. The summed E-state index contributed by atoms with van der Waals surface area (Å²) in [6.07, 6.45) is 1.78. The Morgan fingerprint density at radius 2 is 1.78 bits per heavy atom. The summed E-state index contributed by atoms with van der Waals surface area (Å²) in [7, 11) is 0. The molecule has 132 valence electrons. The number of amides is 1. The third-order valence-corrected chi connectivity index (χ3v) is 4.49. The summed E-state index contributed by atoms with van der Waals surface area (Å²) in [4.78, 5) is 16.9. The molecule has 0 unspecified atom stereocenters. The van der Waals surface area contributed by atoms with Crippen LogP contribution in [0.15, 0.2) is 73.1 Å². The van der Waals surface area contributed by atoms with Gasteiger partial charge in [-0.2, -0.15) is 0 Å². The van der Waals surface area contributed by atoms with Gasteiger partial charge < -0.3 is 14.8 Å². The number of carbonyl (C=O) groups is 1. The van der Waals surface area contributed by atoms with Crippen LogP contribution >= 0.6 is 0 Å². The van der Waals surface area contributed by atoms with Crippen LogP contribution < -0.4 is 14.8 Å². The molecular formula is C21H15N3O3. The summed E-state index contributed by atoms with van der Waals surface area (Å²) in [5, 5.41) is 2.88. The minimum absolute atomic E-state index is 0.184. The van der Waals surface area contributed by atoms with Gasteiger partial charge >= 0.3 is 0 Å². The van der Waals surface area contributed by atoms with Crippen LogP contribution in [0.4, 0.5) is 5.69 Å². The lowest BCUT2D eigenvalue weighted by Crippen LogP contribution is -2.11. The highest BCUT2D eigenvalue weighted by atomic mass is 16.7. The predicted octanol–water partition coefficient (Wildman–Crippen LogP) is 4.01. The Labute approximate surface area is 155 Å². The van der Waals surface area contributed by atoms with Gasteiger partial charge in [0.05, 0.1) is 11.0 Å². The molecule has 27 heavy (non-hydrogen) atoms. The molecule has 5 rings (SSSR count). The van der Waals surface area contributed by atoms with Crippen molar-refractivity contribution in [2.24, 2.45) is 0 Å². The molecule has 1 aliphatic rings. The van der Waals surface area contributed by atoms with Gasteiger partial charge in [-0.05, 0) is 48.5 Å². The summed E-state index contributed by atoms with van der Waals surface area (Å²) in [5.41, 5.74) is 4.13. The molecule has 4 aromatic rings. The normalized spacial score (nSPS) is 12.3. The molecule has 0 aliphatic carbocycles. The molecule has 6 heteroatoms. The van der Waals surface area contributed by atoms with Crippen molar-refractivity contribution >= 4 is 22.6 Å². The maximum Gasteiger partial charge on any atom is 0.255 e. The van der Waals surface area contributed by atoms with Crippen LogP contribution in [-0.2, 0) is 0 Å². The molecule has 2 heterocycles. The molecule has 3 aromatic carbocycles. The van der Waals surface area contributed by atoms with Gasteiger partial charge in [0.25, 0.3) is 5.91 Å². The second-order valence-electron chi connectivity index (χ2n) is 6.17. The van der Waals surface area contributed by atoms with Crippen molar-refractivity contribution in [3.63, 3.8) is 0 Å². The van der Waals surface area contributed by atoms with E-state index in [4.69, 9.17) is 9.47 Å². The summed E-state index contributed by atoms with van der Waals surface area (Å²) in [5.74, 6) is 1.14. The Balaban J connectivity index is 1.37. The number of hydrogen-bond acceptors (Lipinski definition) is 4. The lowest BCUT2D eigenvalue weighted by molar-refractivity contribution is 0.102. The quantitative estimate of drug-likeness (QED) is 0.602. The number of nitrogens with zero attached hydrogens (tertiary/aromatic N) is 2. The largest absolute Gasteiger partial charge is 0.454 e. The third kappa shape index (κ3) is 2.77. The first-order valence-corrected chi connectivity index (χ1v) is 8.51. The zero-order valence-corrected chi connectivity index (χ0v) is 14.3. The minimum Gasteiger partial charge on any atom is -0.454 e. The van der Waals surface area contributed by atoms with E-state index in [1.807, 2.05) is 41.0 Å². The number of aromatic nitrogens is 2. The number of hydrogen-bond donors (Lipinski definition) is 1. The second kappa shape index (κ2) is 6.17. The number of benzene rings is 3. The number of rotatable bonds is 3. The van der Waals surface area contributed by atoms with E-state index in [1.54, 1.807) is 36.7 Å². The van der Waals surface area contributed by atoms with E-state index >= 15 is 0 Å². The van der Waals surface area contributed by atoms with Crippen molar-refractivity contribution in [1.29, 1.82) is 0 Å². The van der Waals surface area contributed by atoms with Crippen LogP contribution in [-0.4, -0.2) is 22.3 Å². The average Bonchev–Trinajstić information content (AvgIpc) is 3.34. The Bertz CT molecular complexity index is 1150. The van der Waals surface area contributed by atoms with Gasteiger partial charge in [-0.1, -0.05) is 12.1 Å². The fourth-order valence-corrected chi connectivity index (χ4v) is 3.12. The van der Waals surface area contributed by atoms with E-state index in [2.05, 4.69) is 10.3 Å². The lowest BCUT2D eigenvalue weighted by atomic mass is 10.1. The number of anilines is 1. The summed E-state index contributed by atoms with van der Waals surface area (Å²) >= 11 is 0. The second-order valence-corrected chi connectivity index (χ2v) is 6.17. The highest BCUT2D eigenvalue weighted by molar-refractivity contribution is 6.04. The van der Waals surface area contributed by atoms with Crippen molar-refractivity contribution in [1.82, 2.24) is 9.55 Å². The van der Waals surface area contributed by atoms with Gasteiger partial charge in [0.2, 0.25) is 6.79 Å². The van der Waals surface area contributed by atoms with Gasteiger partial charge in [0.15, 0.2) is 11.5 Å². The van der Waals surface area contributed by atoms with Crippen LogP contribution in [0.25, 0.3) is 16.7 Å². The standard InChI is InChI=1S/C21H15N3O3/c25-21(23-15-7-10-19-20(11-15)27-13-26-19)14-5-8-16(9-6-14)24-12-22-17-3-1-2-4-18(17)24/h1-12H,13H2,(H,23,25). The topological polar surface area (TPSA) is 65.4 Å². The van der Waals surface area contributed by atoms with Gasteiger partial charge in [-0.25, -0.2) is 4.98 Å². The highest BCUT2D eigenvalue weighted by Gasteiger charge is 2.15. The number of nitrogens with one attached hydrogen (secondary N) is 1. The number of imidazole rings is 1. The maximum atomic E-state index is 12.5. The van der Waals surface area contributed by atoms with E-state index in [9.17, 15) is 4.79 Å². The summed E-state index contributed by atoms with van der Waals surface area (Å²) in [6, 6.07) is 20.7. The maximum absolute atomic E-state index is 12.5. The van der Waals surface area contributed by atoms with Crippen molar-refractivity contribution in [3.8, 4) is 17.2 Å². The monoisotopic (exact) mass is 357 g/mol. The zero-order valence-electron chi connectivity index (χ0n) is 14.3. The number of para-hydroxylation sites is 2. The average molecular weight is 357 g/mol. The molecule has 0 saturated carbocycles. The van der Waals surface area contributed by atoms with Gasteiger partial charge in [-0.3, -0.25) is 9.36 Å². The fraction of sp³-hybridized carbons (Fsp3) is 0.0476. The Kier molecular flexibility index (Phi) is 3.53. The SMILES string of the molecule is O=C(Nc1ccc2c(c1)OCO2)c1ccc(-n2cnc3ccccc32)cc1. The molecule has 1 aromatic heterocycles. The summed E-state index contributed by atoms with van der Waals surface area (Å²) in [6.45, 7) is 0.205. The molecule has 1 N–H and O–H groups in total. The molecule has 0 saturated heterocycles. The van der Waals surface area contributed by atoms with Crippen LogP contribution in [0.3, 0.4) is 0 Å². The van der Waals surface area contributed by atoms with Crippen LogP contribution in [0.2, 0.25) is 0 Å². The van der Waals surface area contributed by atoms with E-state index in [0.29, 0.717) is 22.7 Å². The molecule has 0 radical (unpaired) electrons. The van der Waals surface area contributed by atoms with Gasteiger partial charge in [0, 0.05) is 23.0 Å². The highest BCUT2D eigenvalue weighted by Crippen LogP contribution is 2.34. The number of ether oxygens (including phenoxy) is 2. The van der Waals surface area contributed by atoms with Gasteiger partial charge in [0.1, 0.15) is 6.33 Å². The van der Waals surface area contributed by atoms with Crippen molar-refractivity contribution in [2.75, 3.05) is 12.1 Å². The van der Waals surface area contributed by atoms with E-state index < -0.39 is 0 Å². The summed E-state index contributed by atoms with van der Waals surface area (Å²) < 4.78 is 12.6. The Morgan fingerprint density at radius 3 is 2.67 bits per heavy atom. The molecule has 0 spiro atoms.